The number of amides is 1. The van der Waals surface area contributed by atoms with Gasteiger partial charge in [-0.3, -0.25) is 0 Å². The first-order chi connectivity index (χ1) is 20.7. The molecule has 1 aliphatic rings. The minimum absolute atomic E-state index is 0.00191. The molecule has 0 spiro atoms. The number of pyridine rings is 1. The Morgan fingerprint density at radius 2 is 1.63 bits per heavy atom. The first-order valence-electron chi connectivity index (χ1n) is 13.4. The van der Waals surface area contributed by atoms with Crippen molar-refractivity contribution in [2.45, 2.75) is 32.0 Å². The molecule has 1 amide bonds. The fourth-order valence-electron chi connectivity index (χ4n) is 4.20. The van der Waals surface area contributed by atoms with E-state index in [0.717, 1.165) is 12.1 Å². The van der Waals surface area contributed by atoms with E-state index in [1.54, 1.807) is 36.1 Å². The molecule has 0 atom stereocenters. The number of hydrogen-bond acceptors (Lipinski definition) is 9. The number of alkyl halides is 3. The van der Waals surface area contributed by atoms with Crippen LogP contribution in [0.25, 0.3) is 11.5 Å². The number of nitrogens with zero attached hydrogens (tertiary/aromatic N) is 3. The van der Waals surface area contributed by atoms with Crippen LogP contribution < -0.4 is 14.2 Å². The Morgan fingerprint density at radius 1 is 0.953 bits per heavy atom. The Bertz CT molecular complexity index is 1530. The quantitative estimate of drug-likeness (QED) is 0.203. The summed E-state index contributed by atoms with van der Waals surface area (Å²) in [5.41, 5.74) is -0.0950. The number of oxazole rings is 1. The van der Waals surface area contributed by atoms with Crippen LogP contribution in [0.15, 0.2) is 77.5 Å². The van der Waals surface area contributed by atoms with Gasteiger partial charge in [0.2, 0.25) is 11.8 Å². The maximum atomic E-state index is 12.7. The molecule has 0 bridgehead atoms. The highest BCUT2D eigenvalue weighted by molar-refractivity contribution is 5.87. The predicted octanol–water partition coefficient (Wildman–Crippen LogP) is 6.77. The average molecular weight is 598 g/mol. The Balaban J connectivity index is 1.07. The molecule has 0 aliphatic carbocycles. The number of rotatable bonds is 8. The molecule has 0 radical (unpaired) electrons. The van der Waals surface area contributed by atoms with E-state index < -0.39 is 23.8 Å². The average Bonchev–Trinajstić information content (AvgIpc) is 3.50. The lowest BCUT2D eigenvalue weighted by Crippen LogP contribution is -2.43. The van der Waals surface area contributed by atoms with E-state index in [2.05, 4.69) is 9.97 Å². The van der Waals surface area contributed by atoms with Crippen LogP contribution in [0.3, 0.4) is 0 Å². The maximum Gasteiger partial charge on any atom is 0.417 e. The molecule has 43 heavy (non-hydrogen) atoms. The van der Waals surface area contributed by atoms with Crippen LogP contribution >= 0.6 is 0 Å². The maximum absolute atomic E-state index is 12.7. The van der Waals surface area contributed by atoms with E-state index in [-0.39, 0.29) is 30.0 Å². The lowest BCUT2D eigenvalue weighted by atomic mass is 10.1. The molecule has 2 aromatic heterocycles. The second-order valence-electron chi connectivity index (χ2n) is 9.41. The van der Waals surface area contributed by atoms with Crippen molar-refractivity contribution in [2.24, 2.45) is 0 Å². The van der Waals surface area contributed by atoms with E-state index in [1.165, 1.54) is 30.5 Å². The smallest absolute Gasteiger partial charge is 0.417 e. The van der Waals surface area contributed by atoms with E-state index in [4.69, 9.17) is 23.4 Å². The van der Waals surface area contributed by atoms with Gasteiger partial charge < -0.3 is 28.3 Å². The highest BCUT2D eigenvalue weighted by Gasteiger charge is 2.31. The molecule has 0 saturated carbocycles. The zero-order chi connectivity index (χ0) is 30.4. The number of aromatic nitrogens is 2. The molecule has 5 rings (SSSR count). The lowest BCUT2D eigenvalue weighted by molar-refractivity contribution is -0.137. The van der Waals surface area contributed by atoms with Crippen LogP contribution in [0.4, 0.5) is 18.0 Å². The van der Waals surface area contributed by atoms with Gasteiger partial charge in [0, 0.05) is 43.8 Å². The van der Waals surface area contributed by atoms with Crippen LogP contribution in [0.5, 0.6) is 23.1 Å². The molecule has 13 heteroatoms. The summed E-state index contributed by atoms with van der Waals surface area (Å²) in [5.74, 6) is 0.998. The Hall–Kier alpha value is -5.07. The minimum atomic E-state index is -4.48. The number of benzene rings is 2. The number of likely N-dealkylation sites (tertiary alicyclic amines) is 1. The van der Waals surface area contributed by atoms with Crippen molar-refractivity contribution in [3.8, 4) is 34.6 Å². The summed E-state index contributed by atoms with van der Waals surface area (Å²) in [5, 5.41) is 0. The number of piperidine rings is 1. The third-order valence-electron chi connectivity index (χ3n) is 6.41. The van der Waals surface area contributed by atoms with E-state index in [1.807, 2.05) is 0 Å². The van der Waals surface area contributed by atoms with Gasteiger partial charge in [0.05, 0.1) is 12.2 Å². The Morgan fingerprint density at radius 3 is 2.26 bits per heavy atom. The SMILES string of the molecule is CCOC(=O)c1coc(-c2ccc(OC3CCN(C(=O)Oc4ccc(Oc5ccc(C(F)(F)F)cn5)cc4)CC3)cc2)n1. The van der Waals surface area contributed by atoms with Crippen molar-refractivity contribution >= 4 is 12.1 Å². The largest absolute Gasteiger partial charge is 0.490 e. The third kappa shape index (κ3) is 7.61. The Kier molecular flexibility index (Phi) is 8.79. The number of esters is 1. The molecular weight excluding hydrogens is 571 g/mol. The van der Waals surface area contributed by atoms with Gasteiger partial charge in [0.15, 0.2) is 5.69 Å². The number of hydrogen-bond donors (Lipinski definition) is 0. The number of carbonyl (C=O) groups is 2. The lowest BCUT2D eigenvalue weighted by Gasteiger charge is -2.31. The Labute approximate surface area is 244 Å². The summed E-state index contributed by atoms with van der Waals surface area (Å²) in [4.78, 5) is 33.9. The fourth-order valence-corrected chi connectivity index (χ4v) is 4.20. The zero-order valence-electron chi connectivity index (χ0n) is 22.9. The van der Waals surface area contributed by atoms with Gasteiger partial charge in [-0.2, -0.15) is 13.2 Å². The van der Waals surface area contributed by atoms with E-state index >= 15 is 0 Å². The first-order valence-corrected chi connectivity index (χ1v) is 13.4. The van der Waals surface area contributed by atoms with Gasteiger partial charge in [-0.1, -0.05) is 0 Å². The van der Waals surface area contributed by atoms with Gasteiger partial charge in [-0.15, -0.1) is 0 Å². The van der Waals surface area contributed by atoms with Crippen LogP contribution in [0.2, 0.25) is 0 Å². The highest BCUT2D eigenvalue weighted by Crippen LogP contribution is 2.30. The molecule has 3 heterocycles. The molecule has 0 N–H and O–H groups in total. The second kappa shape index (κ2) is 12.8. The summed E-state index contributed by atoms with van der Waals surface area (Å²) >= 11 is 0. The molecule has 1 fully saturated rings. The summed E-state index contributed by atoms with van der Waals surface area (Å²) in [6, 6.07) is 15.2. The molecule has 1 saturated heterocycles. The predicted molar refractivity (Wildman–Crippen MR) is 145 cm³/mol. The molecule has 0 unspecified atom stereocenters. The number of carbonyl (C=O) groups excluding carboxylic acids is 2. The highest BCUT2D eigenvalue weighted by atomic mass is 19.4. The first kappa shape index (κ1) is 29.4. The van der Waals surface area contributed by atoms with Crippen molar-refractivity contribution in [2.75, 3.05) is 19.7 Å². The van der Waals surface area contributed by atoms with Crippen molar-refractivity contribution < 1.29 is 46.1 Å². The summed E-state index contributed by atoms with van der Waals surface area (Å²) in [6.07, 6.45) is -1.92. The standard InChI is InChI=1S/C30H26F3N3O7/c1-2-39-28(37)25-18-40-27(35-25)19-3-6-21(7-4-19)41-24-13-15-36(16-14-24)29(38)43-23-10-8-22(9-11-23)42-26-12-5-20(17-34-26)30(31,32)33/h3-12,17-18,24H,2,13-16H2,1H3. The molecular formula is C30H26F3N3O7. The normalized spacial score (nSPS) is 13.8. The third-order valence-corrected chi connectivity index (χ3v) is 6.41. The van der Waals surface area contributed by atoms with Crippen LogP contribution in [0, 0.1) is 0 Å². The van der Waals surface area contributed by atoms with Gasteiger partial charge in [-0.25, -0.2) is 19.6 Å². The minimum Gasteiger partial charge on any atom is -0.490 e. The number of ether oxygens (including phenoxy) is 4. The van der Waals surface area contributed by atoms with Gasteiger partial charge >= 0.3 is 18.2 Å². The summed E-state index contributed by atoms with van der Waals surface area (Å²) in [7, 11) is 0. The van der Waals surface area contributed by atoms with Crippen molar-refractivity contribution in [1.82, 2.24) is 14.9 Å². The topological polar surface area (TPSA) is 113 Å². The zero-order valence-corrected chi connectivity index (χ0v) is 22.9. The van der Waals surface area contributed by atoms with Crippen molar-refractivity contribution in [3.63, 3.8) is 0 Å². The monoisotopic (exact) mass is 597 g/mol. The van der Waals surface area contributed by atoms with E-state index in [9.17, 15) is 22.8 Å². The molecule has 1 aliphatic heterocycles. The van der Waals surface area contributed by atoms with E-state index in [0.29, 0.717) is 55.1 Å². The van der Waals surface area contributed by atoms with Gasteiger partial charge in [0.25, 0.3) is 0 Å². The van der Waals surface area contributed by atoms with Crippen molar-refractivity contribution in [3.05, 3.63) is 84.4 Å². The molecule has 4 aromatic rings. The second-order valence-corrected chi connectivity index (χ2v) is 9.41. The van der Waals surface area contributed by atoms with Gasteiger partial charge in [-0.05, 0) is 61.5 Å². The summed E-state index contributed by atoms with van der Waals surface area (Å²) in [6.45, 7) is 2.83. The van der Waals surface area contributed by atoms with Gasteiger partial charge in [0.1, 0.15) is 29.6 Å². The van der Waals surface area contributed by atoms with Crippen LogP contribution in [-0.4, -0.2) is 52.7 Å². The van der Waals surface area contributed by atoms with Crippen LogP contribution in [0.1, 0.15) is 35.8 Å². The summed E-state index contributed by atoms with van der Waals surface area (Å²) < 4.78 is 65.4. The molecule has 224 valence electrons. The number of halogens is 3. The van der Waals surface area contributed by atoms with Crippen LogP contribution in [-0.2, 0) is 10.9 Å². The van der Waals surface area contributed by atoms with Crippen molar-refractivity contribution in [1.29, 1.82) is 0 Å². The molecule has 2 aromatic carbocycles. The fraction of sp³-hybridized carbons (Fsp3) is 0.267. The molecule has 10 nitrogen and oxygen atoms in total.